The maximum absolute atomic E-state index is 13.0. The number of anilines is 1. The number of nitriles is 1. The van der Waals surface area contributed by atoms with Crippen molar-refractivity contribution in [1.29, 1.82) is 5.26 Å². The predicted molar refractivity (Wildman–Crippen MR) is 223 cm³/mol. The molecule has 2 aliphatic heterocycles. The van der Waals surface area contributed by atoms with E-state index in [-0.39, 0.29) is 41.0 Å². The van der Waals surface area contributed by atoms with E-state index < -0.39 is 8.53 Å². The number of allylic oxidation sites excluding steroid dienone is 4. The third-order valence-electron chi connectivity index (χ3n) is 11.5. The lowest BCUT2D eigenvalue weighted by atomic mass is 9.81. The van der Waals surface area contributed by atoms with Gasteiger partial charge in [0.1, 0.15) is 7.05 Å². The fourth-order valence-corrected chi connectivity index (χ4v) is 10.5. The van der Waals surface area contributed by atoms with Gasteiger partial charge in [0.25, 0.3) is 8.53 Å². The van der Waals surface area contributed by atoms with Crippen LogP contribution in [0.2, 0.25) is 0 Å². The van der Waals surface area contributed by atoms with Crippen molar-refractivity contribution in [2.45, 2.75) is 148 Å². The summed E-state index contributed by atoms with van der Waals surface area (Å²) in [4.78, 5) is 15.5. The standard InChI is InChI=1S/C45H64N5O3P/c1-33(2)50(34(3)4)54(52-32-18-30-46)53-36-28-26-35(27-29-36)47-43(51)25-11-10-16-31-49-40-22-15-13-20-38(40)45(7,8)42(49)24-17-23-41-44(5,6)37-19-12-14-21-39(37)48(41)9/h12-15,17,19-24,33-36H,10-11,16,18,25-29,31-32H2,1-9H3/p+1. The molecule has 0 spiro atoms. The second-order valence-electron chi connectivity index (χ2n) is 16.8. The molecule has 8 nitrogen and oxygen atoms in total. The van der Waals surface area contributed by atoms with Gasteiger partial charge in [0.15, 0.2) is 5.71 Å². The first kappa shape index (κ1) is 41.8. The summed E-state index contributed by atoms with van der Waals surface area (Å²) in [6.07, 6.45) is 14.4. The second-order valence-corrected chi connectivity index (χ2v) is 18.2. The first-order chi connectivity index (χ1) is 25.8. The summed E-state index contributed by atoms with van der Waals surface area (Å²) in [5, 5.41) is 12.3. The maximum atomic E-state index is 13.0. The van der Waals surface area contributed by atoms with Crippen LogP contribution >= 0.6 is 8.53 Å². The summed E-state index contributed by atoms with van der Waals surface area (Å²) >= 11 is 0. The lowest BCUT2D eigenvalue weighted by Gasteiger charge is -2.38. The number of carbonyl (C=O) groups excluding carboxylic acids is 1. The van der Waals surface area contributed by atoms with Gasteiger partial charge < -0.3 is 19.3 Å². The fourth-order valence-electron chi connectivity index (χ4n) is 8.68. The number of unbranched alkanes of at least 4 members (excludes halogenated alkanes) is 2. The molecule has 9 heteroatoms. The Bertz CT molecular complexity index is 1720. The molecule has 1 atom stereocenters. The van der Waals surface area contributed by atoms with Crippen LogP contribution in [0.15, 0.2) is 72.5 Å². The van der Waals surface area contributed by atoms with E-state index in [0.29, 0.717) is 19.4 Å². The molecular weight excluding hydrogens is 690 g/mol. The van der Waals surface area contributed by atoms with Crippen LogP contribution in [0.1, 0.15) is 124 Å². The molecule has 1 amide bonds. The molecule has 54 heavy (non-hydrogen) atoms. The Morgan fingerprint density at radius 2 is 1.65 bits per heavy atom. The number of hydrogen-bond donors (Lipinski definition) is 1. The minimum atomic E-state index is -1.24. The Balaban J connectivity index is 1.11. The highest BCUT2D eigenvalue weighted by Gasteiger charge is 2.43. The minimum Gasteiger partial charge on any atom is -0.353 e. The van der Waals surface area contributed by atoms with Crippen molar-refractivity contribution in [3.63, 3.8) is 0 Å². The molecule has 3 aliphatic rings. The maximum Gasteiger partial charge on any atom is 0.259 e. The molecule has 0 saturated heterocycles. The van der Waals surface area contributed by atoms with Gasteiger partial charge in [0.2, 0.25) is 11.6 Å². The third kappa shape index (κ3) is 9.54. The van der Waals surface area contributed by atoms with E-state index in [0.717, 1.165) is 51.5 Å². The van der Waals surface area contributed by atoms with E-state index in [2.05, 4.69) is 155 Å². The molecule has 0 bridgehead atoms. The minimum absolute atomic E-state index is 0.0591. The molecule has 1 fully saturated rings. The van der Waals surface area contributed by atoms with Crippen LogP contribution in [0, 0.1) is 11.3 Å². The number of amides is 1. The molecule has 2 aromatic rings. The molecular formula is C45H65N5O3P+. The topological polar surface area (TPSA) is 80.8 Å². The zero-order valence-electron chi connectivity index (χ0n) is 34.4. The van der Waals surface area contributed by atoms with E-state index in [4.69, 9.17) is 14.3 Å². The van der Waals surface area contributed by atoms with Crippen molar-refractivity contribution in [2.24, 2.45) is 0 Å². The number of nitrogens with one attached hydrogen (secondary N) is 1. The van der Waals surface area contributed by atoms with E-state index in [1.54, 1.807) is 0 Å². The zero-order valence-corrected chi connectivity index (χ0v) is 35.3. The molecule has 1 saturated carbocycles. The van der Waals surface area contributed by atoms with Crippen molar-refractivity contribution in [1.82, 2.24) is 9.99 Å². The number of para-hydroxylation sites is 2. The summed E-state index contributed by atoms with van der Waals surface area (Å²) in [6.45, 7) is 19.2. The predicted octanol–water partition coefficient (Wildman–Crippen LogP) is 10.2. The van der Waals surface area contributed by atoms with Crippen LogP contribution in [-0.2, 0) is 24.7 Å². The highest BCUT2D eigenvalue weighted by atomic mass is 31.2. The number of hydrogen-bond acceptors (Lipinski definition) is 6. The number of fused-ring (bicyclic) bond motifs is 2. The molecule has 2 aromatic carbocycles. The molecule has 0 aromatic heterocycles. The average molecular weight is 755 g/mol. The molecule has 292 valence electrons. The van der Waals surface area contributed by atoms with Crippen molar-refractivity contribution >= 4 is 31.5 Å². The summed E-state index contributed by atoms with van der Waals surface area (Å²) in [6, 6.07) is 20.5. The number of benzene rings is 2. The number of nitrogens with zero attached hydrogens (tertiary/aromatic N) is 4. The number of rotatable bonds is 17. The van der Waals surface area contributed by atoms with Crippen molar-refractivity contribution in [2.75, 3.05) is 25.1 Å². The van der Waals surface area contributed by atoms with Gasteiger partial charge in [-0.25, -0.2) is 4.67 Å². The van der Waals surface area contributed by atoms with Crippen molar-refractivity contribution in [3.8, 4) is 6.07 Å². The monoisotopic (exact) mass is 754 g/mol. The lowest BCUT2D eigenvalue weighted by molar-refractivity contribution is -0.401. The summed E-state index contributed by atoms with van der Waals surface area (Å²) in [5.74, 6) is 0.157. The third-order valence-corrected chi connectivity index (χ3v) is 13.7. The summed E-state index contributed by atoms with van der Waals surface area (Å²) in [5.41, 5.74) is 7.75. The van der Waals surface area contributed by atoms with E-state index in [1.165, 1.54) is 33.9 Å². The van der Waals surface area contributed by atoms with E-state index in [9.17, 15) is 4.79 Å². The highest BCUT2D eigenvalue weighted by molar-refractivity contribution is 7.44. The zero-order chi connectivity index (χ0) is 39.0. The van der Waals surface area contributed by atoms with E-state index in [1.807, 2.05) is 0 Å². The molecule has 2 heterocycles. The molecule has 5 rings (SSSR count). The van der Waals surface area contributed by atoms with Crippen LogP contribution in [0.25, 0.3) is 0 Å². The van der Waals surface area contributed by atoms with Crippen LogP contribution in [0.5, 0.6) is 0 Å². The van der Waals surface area contributed by atoms with Gasteiger partial charge in [-0.15, -0.1) is 0 Å². The van der Waals surface area contributed by atoms with E-state index >= 15 is 0 Å². The van der Waals surface area contributed by atoms with Gasteiger partial charge in [-0.2, -0.15) is 9.84 Å². The van der Waals surface area contributed by atoms with Crippen molar-refractivity contribution in [3.05, 3.63) is 83.6 Å². The van der Waals surface area contributed by atoms with Gasteiger partial charge in [0.05, 0.1) is 30.6 Å². The van der Waals surface area contributed by atoms with Gasteiger partial charge in [-0.1, -0.05) is 62.7 Å². The van der Waals surface area contributed by atoms with Gasteiger partial charge in [-0.05, 0) is 97.8 Å². The highest BCUT2D eigenvalue weighted by Crippen LogP contribution is 2.49. The van der Waals surface area contributed by atoms with Gasteiger partial charge >= 0.3 is 0 Å². The Morgan fingerprint density at radius 1 is 0.981 bits per heavy atom. The van der Waals surface area contributed by atoms with Crippen LogP contribution in [-0.4, -0.2) is 65.3 Å². The Hall–Kier alpha value is -3.34. The van der Waals surface area contributed by atoms with Crippen LogP contribution in [0.3, 0.4) is 0 Å². The lowest BCUT2D eigenvalue weighted by Crippen LogP contribution is -2.39. The summed E-state index contributed by atoms with van der Waals surface area (Å²) in [7, 11) is 0.928. The molecule has 1 unspecified atom stereocenters. The molecule has 1 N–H and O–H groups in total. The Morgan fingerprint density at radius 3 is 2.31 bits per heavy atom. The first-order valence-corrected chi connectivity index (χ1v) is 21.4. The number of carbonyl (C=O) groups is 1. The second kappa shape index (κ2) is 18.5. The van der Waals surface area contributed by atoms with Gasteiger partial charge in [-0.3, -0.25) is 4.79 Å². The Kier molecular flexibility index (Phi) is 14.3. The summed E-state index contributed by atoms with van der Waals surface area (Å²) < 4.78 is 17.3. The molecule has 0 radical (unpaired) electrons. The average Bonchev–Trinajstić information content (AvgIpc) is 3.46. The molecule has 1 aliphatic carbocycles. The Labute approximate surface area is 327 Å². The van der Waals surface area contributed by atoms with Crippen LogP contribution < -0.4 is 10.2 Å². The SMILES string of the molecule is CC(C)N(C(C)C)P(OCCC#N)OC1CCC(NC(=O)CCCCCN2/C(=C/C=C/C3=[N+](C)c4ccccc4C3(C)C)C(C)(C)c3ccccc32)CC1. The normalized spacial score (nSPS) is 21.7. The first-order valence-electron chi connectivity index (χ1n) is 20.3. The fraction of sp³-hybridized carbons (Fsp3) is 0.578. The smallest absolute Gasteiger partial charge is 0.259 e. The quantitative estimate of drug-likeness (QED) is 0.0984. The van der Waals surface area contributed by atoms with Crippen LogP contribution in [0.4, 0.5) is 11.4 Å². The largest absolute Gasteiger partial charge is 0.353 e. The van der Waals surface area contributed by atoms with Gasteiger partial charge in [0, 0.05) is 65.6 Å². The van der Waals surface area contributed by atoms with Crippen molar-refractivity contribution < 1.29 is 18.4 Å².